The number of hydrogen-bond acceptors (Lipinski definition) is 12. The second-order valence-electron chi connectivity index (χ2n) is 14.2. The molecule has 9 N–H and O–H groups in total. The van der Waals surface area contributed by atoms with Gasteiger partial charge in [0.05, 0.1) is 0 Å². The zero-order chi connectivity index (χ0) is 36.0. The normalized spacial score (nSPS) is 32.0. The molecule has 11 atom stereocenters. The number of aliphatic hydroxyl groups is 4. The fourth-order valence-corrected chi connectivity index (χ4v) is 7.33. The van der Waals surface area contributed by atoms with Crippen LogP contribution < -0.4 is 27.6 Å². The summed E-state index contributed by atoms with van der Waals surface area (Å²) in [5.74, 6) is -0.0373. The summed E-state index contributed by atoms with van der Waals surface area (Å²) in [7, 11) is 0. The predicted octanol–water partition coefficient (Wildman–Crippen LogP) is 0.665. The van der Waals surface area contributed by atoms with Gasteiger partial charge in [-0.15, -0.1) is 0 Å². The molecule has 15 heteroatoms. The average Bonchev–Trinajstić information content (AvgIpc) is 3.54. The first kappa shape index (κ1) is 40.6. The Morgan fingerprint density at radius 2 is 1.58 bits per heavy atom. The molecule has 286 valence electrons. The lowest BCUT2D eigenvalue weighted by molar-refractivity contribution is -0.228. The minimum absolute atomic E-state index is 0.0373. The topological polar surface area (TPSA) is 231 Å². The van der Waals surface area contributed by atoms with Crippen LogP contribution in [0.2, 0.25) is 0 Å². The van der Waals surface area contributed by atoms with Gasteiger partial charge in [-0.1, -0.05) is 84.0 Å². The summed E-state index contributed by atoms with van der Waals surface area (Å²) in [5, 5.41) is 49.7. The highest BCUT2D eigenvalue weighted by Gasteiger charge is 2.53. The van der Waals surface area contributed by atoms with E-state index in [-0.39, 0.29) is 18.5 Å². The van der Waals surface area contributed by atoms with Crippen molar-refractivity contribution in [2.75, 3.05) is 13.1 Å². The standard InChI is InChI=1S/C35H61N5O10/c1-2-3-4-5-6-7-8-9-10-11-12-13-14-15-25(41)38-22-16-18-37-23(20-22)31(50-34-30(46)27(43)24(21-36)48-34)32-28(44)29(45)33(49-32)40-19-17-26(42)39-35(40)47/h17,19,22-24,27-34,37,43-46H,2-16,18,20-21,36H2,1H3,(H,38,41)(H,39,42,47)/t22-,23-,24+,27+,28-,29+,30+,31+,32-,33+,34-/m0/s1. The monoisotopic (exact) mass is 711 g/mol. The Kier molecular flexibility index (Phi) is 16.8. The number of nitrogens with one attached hydrogen (secondary N) is 3. The summed E-state index contributed by atoms with van der Waals surface area (Å²) in [6, 6.07) is 0.309. The van der Waals surface area contributed by atoms with Crippen molar-refractivity contribution in [1.29, 1.82) is 0 Å². The molecular formula is C35H61N5O10. The molecule has 0 radical (unpaired) electrons. The minimum atomic E-state index is -1.58. The number of aliphatic hydroxyl groups excluding tert-OH is 4. The highest BCUT2D eigenvalue weighted by molar-refractivity contribution is 5.76. The molecule has 0 spiro atoms. The minimum Gasteiger partial charge on any atom is -0.387 e. The summed E-state index contributed by atoms with van der Waals surface area (Å²) in [6.07, 6.45) is 6.80. The number of unbranched alkanes of at least 4 members (excludes halogenated alkanes) is 12. The van der Waals surface area contributed by atoms with Gasteiger partial charge < -0.3 is 51.0 Å². The lowest BCUT2D eigenvalue weighted by Crippen LogP contribution is -2.59. The number of ether oxygens (including phenoxy) is 3. The van der Waals surface area contributed by atoms with Crippen LogP contribution in [0.15, 0.2) is 21.9 Å². The number of nitrogens with zero attached hydrogens (tertiary/aromatic N) is 1. The maximum Gasteiger partial charge on any atom is 0.330 e. The smallest absolute Gasteiger partial charge is 0.330 e. The molecule has 0 bridgehead atoms. The van der Waals surface area contributed by atoms with Crippen molar-refractivity contribution < 1.29 is 39.4 Å². The van der Waals surface area contributed by atoms with Crippen LogP contribution in [0.5, 0.6) is 0 Å². The SMILES string of the molecule is CCCCCCCCCCCCCCCC(=O)N[C@H]1CCN[C@H]([C@@H](O[C@@H]2O[C@H](CN)[C@@H](O)[C@H]2O)[C@H]2O[C@@H](n3ccc(=O)[nH]c3=O)[C@H](O)[C@@H]2O)C1. The Bertz CT molecular complexity index is 1260. The van der Waals surface area contributed by atoms with E-state index in [1.165, 1.54) is 64.2 Å². The van der Waals surface area contributed by atoms with Crippen LogP contribution in [0.25, 0.3) is 0 Å². The molecule has 0 saturated carbocycles. The molecule has 3 aliphatic heterocycles. The van der Waals surface area contributed by atoms with Gasteiger partial charge in [-0.2, -0.15) is 0 Å². The van der Waals surface area contributed by atoms with Gasteiger partial charge in [0.25, 0.3) is 5.56 Å². The van der Waals surface area contributed by atoms with Gasteiger partial charge in [-0.3, -0.25) is 19.1 Å². The van der Waals surface area contributed by atoms with Crippen LogP contribution in [-0.2, 0) is 19.0 Å². The Balaban J connectivity index is 1.29. The third-order valence-corrected chi connectivity index (χ3v) is 10.3. The molecule has 0 aromatic carbocycles. The molecule has 1 aromatic rings. The summed E-state index contributed by atoms with van der Waals surface area (Å²) in [5.41, 5.74) is 4.22. The quantitative estimate of drug-likeness (QED) is 0.0823. The predicted molar refractivity (Wildman–Crippen MR) is 185 cm³/mol. The molecule has 50 heavy (non-hydrogen) atoms. The first-order valence-electron chi connectivity index (χ1n) is 18.9. The third kappa shape index (κ3) is 11.4. The van der Waals surface area contributed by atoms with Crippen molar-refractivity contribution in [2.45, 2.75) is 177 Å². The van der Waals surface area contributed by atoms with Crippen LogP contribution in [0, 0.1) is 0 Å². The molecule has 1 amide bonds. The van der Waals surface area contributed by atoms with Crippen LogP contribution >= 0.6 is 0 Å². The molecule has 0 unspecified atom stereocenters. The molecule has 1 aromatic heterocycles. The van der Waals surface area contributed by atoms with Gasteiger partial charge >= 0.3 is 5.69 Å². The second-order valence-corrected chi connectivity index (χ2v) is 14.2. The number of hydrogen-bond donors (Lipinski definition) is 8. The van der Waals surface area contributed by atoms with Gasteiger partial charge in [0.1, 0.15) is 42.7 Å². The molecule has 15 nitrogen and oxygen atoms in total. The number of H-pyrrole nitrogens is 1. The van der Waals surface area contributed by atoms with Crippen LogP contribution in [0.3, 0.4) is 0 Å². The molecule has 0 aliphatic carbocycles. The van der Waals surface area contributed by atoms with Crippen molar-refractivity contribution in [3.8, 4) is 0 Å². The van der Waals surface area contributed by atoms with Crippen LogP contribution in [0.4, 0.5) is 0 Å². The van der Waals surface area contributed by atoms with E-state index in [9.17, 15) is 34.8 Å². The first-order chi connectivity index (χ1) is 24.1. The number of aromatic nitrogens is 2. The summed E-state index contributed by atoms with van der Waals surface area (Å²) in [6.45, 7) is 2.66. The van der Waals surface area contributed by atoms with E-state index < -0.39 is 72.5 Å². The molecule has 4 heterocycles. The van der Waals surface area contributed by atoms with E-state index in [1.54, 1.807) is 0 Å². The zero-order valence-electron chi connectivity index (χ0n) is 29.5. The fourth-order valence-electron chi connectivity index (χ4n) is 7.33. The summed E-state index contributed by atoms with van der Waals surface area (Å²) >= 11 is 0. The number of carbonyl (C=O) groups is 1. The maximum atomic E-state index is 12.9. The average molecular weight is 712 g/mol. The number of rotatable bonds is 21. The highest BCUT2D eigenvalue weighted by atomic mass is 16.7. The fraction of sp³-hybridized carbons (Fsp3) is 0.857. The van der Waals surface area contributed by atoms with Gasteiger partial charge in [0.15, 0.2) is 12.5 Å². The molecular weight excluding hydrogens is 650 g/mol. The number of amides is 1. The first-order valence-corrected chi connectivity index (χ1v) is 18.9. The number of nitrogens with two attached hydrogens (primary N) is 1. The lowest BCUT2D eigenvalue weighted by atomic mass is 9.90. The second kappa shape index (κ2) is 20.7. The van der Waals surface area contributed by atoms with E-state index in [4.69, 9.17) is 19.9 Å². The Morgan fingerprint density at radius 3 is 2.18 bits per heavy atom. The van der Waals surface area contributed by atoms with Gasteiger partial charge in [0.2, 0.25) is 5.91 Å². The van der Waals surface area contributed by atoms with Gasteiger partial charge in [-0.25, -0.2) is 4.79 Å². The summed E-state index contributed by atoms with van der Waals surface area (Å²) < 4.78 is 18.9. The molecule has 4 rings (SSSR count). The van der Waals surface area contributed by atoms with Crippen molar-refractivity contribution in [3.05, 3.63) is 33.1 Å². The lowest BCUT2D eigenvalue weighted by Gasteiger charge is -2.39. The Labute approximate surface area is 294 Å². The van der Waals surface area contributed by atoms with Crippen molar-refractivity contribution in [1.82, 2.24) is 20.2 Å². The Morgan fingerprint density at radius 1 is 0.940 bits per heavy atom. The van der Waals surface area contributed by atoms with Crippen molar-refractivity contribution >= 4 is 5.91 Å². The van der Waals surface area contributed by atoms with Gasteiger partial charge in [0, 0.05) is 37.3 Å². The number of piperidine rings is 1. The molecule has 3 fully saturated rings. The molecule has 3 aliphatic rings. The van der Waals surface area contributed by atoms with Crippen molar-refractivity contribution in [3.63, 3.8) is 0 Å². The van der Waals surface area contributed by atoms with Crippen LogP contribution in [0.1, 0.15) is 116 Å². The molecule has 3 saturated heterocycles. The maximum absolute atomic E-state index is 12.9. The van der Waals surface area contributed by atoms with E-state index >= 15 is 0 Å². The number of carbonyl (C=O) groups excluding carboxylic acids is 1. The highest BCUT2D eigenvalue weighted by Crippen LogP contribution is 2.35. The van der Waals surface area contributed by atoms with E-state index in [0.29, 0.717) is 25.8 Å². The Hall–Kier alpha value is -2.21. The van der Waals surface area contributed by atoms with Gasteiger partial charge in [-0.05, 0) is 25.8 Å². The van der Waals surface area contributed by atoms with E-state index in [1.807, 2.05) is 0 Å². The summed E-state index contributed by atoms with van der Waals surface area (Å²) in [4.78, 5) is 39.1. The number of aromatic amines is 1. The van der Waals surface area contributed by atoms with Crippen LogP contribution in [-0.4, -0.2) is 110 Å². The largest absolute Gasteiger partial charge is 0.387 e. The zero-order valence-corrected chi connectivity index (χ0v) is 29.5. The van der Waals surface area contributed by atoms with E-state index in [2.05, 4.69) is 22.5 Å². The van der Waals surface area contributed by atoms with Crippen molar-refractivity contribution in [2.24, 2.45) is 5.73 Å². The van der Waals surface area contributed by atoms with E-state index in [0.717, 1.165) is 36.1 Å². The third-order valence-electron chi connectivity index (χ3n) is 10.3.